The summed E-state index contributed by atoms with van der Waals surface area (Å²) in [5.74, 6) is 0.230. The molecule has 0 saturated carbocycles. The summed E-state index contributed by atoms with van der Waals surface area (Å²) in [4.78, 5) is 13.9. The molecule has 0 radical (unpaired) electrons. The molecule has 3 nitrogen and oxygen atoms in total. The third-order valence-corrected chi connectivity index (χ3v) is 2.63. The number of hydrogen-bond donors (Lipinski definition) is 1. The monoisotopic (exact) mass is 184 g/mol. The van der Waals surface area contributed by atoms with E-state index in [4.69, 9.17) is 0 Å². The molecule has 1 amide bonds. The number of piperazine rings is 1. The first-order valence-electron chi connectivity index (χ1n) is 5.05. The van der Waals surface area contributed by atoms with Crippen LogP contribution in [0.3, 0.4) is 0 Å². The first-order valence-corrected chi connectivity index (χ1v) is 5.05. The molecule has 0 aromatic heterocycles. The molecule has 3 heteroatoms. The summed E-state index contributed by atoms with van der Waals surface area (Å²) in [5.41, 5.74) is -0.373. The van der Waals surface area contributed by atoms with Crippen molar-refractivity contribution in [2.24, 2.45) is 0 Å². The summed E-state index contributed by atoms with van der Waals surface area (Å²) in [6.07, 6.45) is 1.03. The minimum atomic E-state index is -0.373. The third-order valence-electron chi connectivity index (χ3n) is 2.63. The summed E-state index contributed by atoms with van der Waals surface area (Å²) < 4.78 is 0. The average Bonchev–Trinajstić information content (AvgIpc) is 2.07. The van der Waals surface area contributed by atoms with E-state index in [9.17, 15) is 4.79 Å². The van der Waals surface area contributed by atoms with Gasteiger partial charge in [0.25, 0.3) is 0 Å². The van der Waals surface area contributed by atoms with E-state index in [1.54, 1.807) is 0 Å². The highest BCUT2D eigenvalue weighted by Gasteiger charge is 2.37. The van der Waals surface area contributed by atoms with Crippen molar-refractivity contribution < 1.29 is 4.79 Å². The molecule has 0 bridgehead atoms. The Kier molecular flexibility index (Phi) is 2.96. The Morgan fingerprint density at radius 3 is 2.77 bits per heavy atom. The summed E-state index contributed by atoms with van der Waals surface area (Å²) >= 11 is 0. The van der Waals surface area contributed by atoms with Crippen molar-refractivity contribution in [3.8, 4) is 0 Å². The quantitative estimate of drug-likeness (QED) is 0.694. The zero-order valence-electron chi connectivity index (χ0n) is 9.05. The largest absolute Gasteiger partial charge is 0.337 e. The van der Waals surface area contributed by atoms with Crippen LogP contribution in [0.1, 0.15) is 34.1 Å². The first kappa shape index (κ1) is 10.5. The van der Waals surface area contributed by atoms with Gasteiger partial charge in [0.05, 0.1) is 5.54 Å². The van der Waals surface area contributed by atoms with Gasteiger partial charge in [-0.1, -0.05) is 6.92 Å². The van der Waals surface area contributed by atoms with Gasteiger partial charge in [-0.2, -0.15) is 0 Å². The molecule has 1 aliphatic heterocycles. The molecule has 1 saturated heterocycles. The van der Waals surface area contributed by atoms with Gasteiger partial charge in [-0.25, -0.2) is 0 Å². The Balaban J connectivity index is 2.73. The number of carbonyl (C=O) groups is 1. The van der Waals surface area contributed by atoms with Gasteiger partial charge < -0.3 is 10.2 Å². The van der Waals surface area contributed by atoms with Crippen LogP contribution in [0.15, 0.2) is 0 Å². The molecular formula is C10H20N2O. The van der Waals surface area contributed by atoms with Crippen LogP contribution in [0.4, 0.5) is 0 Å². The number of amides is 1. The van der Waals surface area contributed by atoms with Gasteiger partial charge in [-0.3, -0.25) is 4.79 Å². The van der Waals surface area contributed by atoms with Crippen LogP contribution in [0.2, 0.25) is 0 Å². The van der Waals surface area contributed by atoms with Crippen LogP contribution in [-0.4, -0.2) is 35.5 Å². The maximum Gasteiger partial charge on any atom is 0.242 e. The molecule has 76 valence electrons. The molecule has 1 atom stereocenters. The van der Waals surface area contributed by atoms with Crippen molar-refractivity contribution in [2.45, 2.75) is 45.7 Å². The first-order chi connectivity index (χ1) is 5.99. The van der Waals surface area contributed by atoms with Crippen molar-refractivity contribution >= 4 is 5.91 Å². The summed E-state index contributed by atoms with van der Waals surface area (Å²) in [5, 5.41) is 3.26. The zero-order valence-corrected chi connectivity index (χ0v) is 9.05. The van der Waals surface area contributed by atoms with Crippen molar-refractivity contribution in [2.75, 3.05) is 13.1 Å². The smallest absolute Gasteiger partial charge is 0.242 e. The van der Waals surface area contributed by atoms with Crippen LogP contribution in [-0.2, 0) is 4.79 Å². The molecule has 1 heterocycles. The highest BCUT2D eigenvalue weighted by atomic mass is 16.2. The molecular weight excluding hydrogens is 164 g/mol. The molecule has 1 fully saturated rings. The lowest BCUT2D eigenvalue weighted by atomic mass is 9.98. The summed E-state index contributed by atoms with van der Waals surface area (Å²) in [6.45, 7) is 9.88. The predicted octanol–water partition coefficient (Wildman–Crippen LogP) is 0.995. The number of nitrogens with one attached hydrogen (secondary N) is 1. The predicted molar refractivity (Wildman–Crippen MR) is 53.5 cm³/mol. The molecule has 1 unspecified atom stereocenters. The molecule has 1 N–H and O–H groups in total. The molecule has 0 aromatic rings. The van der Waals surface area contributed by atoms with E-state index in [0.717, 1.165) is 19.5 Å². The maximum absolute atomic E-state index is 11.9. The fourth-order valence-electron chi connectivity index (χ4n) is 1.71. The fraction of sp³-hybridized carbons (Fsp3) is 0.900. The molecule has 1 rings (SSSR count). The second kappa shape index (κ2) is 3.66. The third kappa shape index (κ3) is 2.02. The minimum absolute atomic E-state index is 0.230. The number of carbonyl (C=O) groups excluding carboxylic acids is 1. The Morgan fingerprint density at radius 1 is 1.62 bits per heavy atom. The van der Waals surface area contributed by atoms with Crippen molar-refractivity contribution in [3.63, 3.8) is 0 Å². The fourth-order valence-corrected chi connectivity index (χ4v) is 1.71. The van der Waals surface area contributed by atoms with Crippen LogP contribution < -0.4 is 5.32 Å². The van der Waals surface area contributed by atoms with Crippen LogP contribution in [0, 0.1) is 0 Å². The van der Waals surface area contributed by atoms with E-state index < -0.39 is 0 Å². The van der Waals surface area contributed by atoms with E-state index in [-0.39, 0.29) is 11.4 Å². The SMILES string of the molecule is CCCN1C(=O)C(C)(C)NCC1C. The van der Waals surface area contributed by atoms with Crippen LogP contribution in [0.5, 0.6) is 0 Å². The minimum Gasteiger partial charge on any atom is -0.337 e. The van der Waals surface area contributed by atoms with Gasteiger partial charge in [-0.15, -0.1) is 0 Å². The highest BCUT2D eigenvalue weighted by Crippen LogP contribution is 2.16. The van der Waals surface area contributed by atoms with E-state index >= 15 is 0 Å². The molecule has 0 aliphatic carbocycles. The maximum atomic E-state index is 11.9. The number of rotatable bonds is 2. The second-order valence-electron chi connectivity index (χ2n) is 4.35. The van der Waals surface area contributed by atoms with Crippen LogP contribution >= 0.6 is 0 Å². The summed E-state index contributed by atoms with van der Waals surface area (Å²) in [7, 11) is 0. The van der Waals surface area contributed by atoms with E-state index in [0.29, 0.717) is 6.04 Å². The van der Waals surface area contributed by atoms with Gasteiger partial charge in [0.15, 0.2) is 0 Å². The zero-order chi connectivity index (χ0) is 10.1. The average molecular weight is 184 g/mol. The van der Waals surface area contributed by atoms with Crippen molar-refractivity contribution in [1.29, 1.82) is 0 Å². The normalized spacial score (nSPS) is 27.8. The molecule has 0 spiro atoms. The lowest BCUT2D eigenvalue weighted by molar-refractivity contribution is -0.142. The van der Waals surface area contributed by atoms with Gasteiger partial charge in [0.2, 0.25) is 5.91 Å². The van der Waals surface area contributed by atoms with Gasteiger partial charge in [0, 0.05) is 19.1 Å². The molecule has 1 aliphatic rings. The Hall–Kier alpha value is -0.570. The Labute approximate surface area is 80.5 Å². The van der Waals surface area contributed by atoms with E-state index in [1.807, 2.05) is 18.7 Å². The van der Waals surface area contributed by atoms with Crippen molar-refractivity contribution in [1.82, 2.24) is 10.2 Å². The van der Waals surface area contributed by atoms with E-state index in [1.165, 1.54) is 0 Å². The lowest BCUT2D eigenvalue weighted by Crippen LogP contribution is -2.64. The highest BCUT2D eigenvalue weighted by molar-refractivity contribution is 5.86. The van der Waals surface area contributed by atoms with Crippen molar-refractivity contribution in [3.05, 3.63) is 0 Å². The van der Waals surface area contributed by atoms with Gasteiger partial charge in [-0.05, 0) is 27.2 Å². The lowest BCUT2D eigenvalue weighted by Gasteiger charge is -2.42. The number of hydrogen-bond acceptors (Lipinski definition) is 2. The standard InChI is InChI=1S/C10H20N2O/c1-5-6-12-8(2)7-11-10(3,4)9(12)13/h8,11H,5-7H2,1-4H3. The van der Waals surface area contributed by atoms with Gasteiger partial charge >= 0.3 is 0 Å². The Bertz CT molecular complexity index is 201. The Morgan fingerprint density at radius 2 is 2.23 bits per heavy atom. The number of nitrogens with zero attached hydrogens (tertiary/aromatic N) is 1. The van der Waals surface area contributed by atoms with E-state index in [2.05, 4.69) is 19.2 Å². The molecule has 0 aromatic carbocycles. The molecule has 13 heavy (non-hydrogen) atoms. The topological polar surface area (TPSA) is 32.3 Å². The summed E-state index contributed by atoms with van der Waals surface area (Å²) in [6, 6.07) is 0.334. The van der Waals surface area contributed by atoms with Crippen LogP contribution in [0.25, 0.3) is 0 Å². The van der Waals surface area contributed by atoms with Gasteiger partial charge in [0.1, 0.15) is 0 Å². The second-order valence-corrected chi connectivity index (χ2v) is 4.35.